The van der Waals surface area contributed by atoms with Crippen LogP contribution >= 0.6 is 0 Å². The van der Waals surface area contributed by atoms with E-state index in [2.05, 4.69) is 0 Å². The third-order valence-corrected chi connectivity index (χ3v) is 0.372. The van der Waals surface area contributed by atoms with Gasteiger partial charge in [-0.3, -0.25) is 0 Å². The normalized spacial score (nSPS) is 5.50. The van der Waals surface area contributed by atoms with Gasteiger partial charge in [-0.05, 0) is 0 Å². The zero-order chi connectivity index (χ0) is 4.12. The summed E-state index contributed by atoms with van der Waals surface area (Å²) in [7, 11) is 8.42. The van der Waals surface area contributed by atoms with Crippen molar-refractivity contribution in [1.29, 1.82) is 0 Å². The zero-order valence-corrected chi connectivity index (χ0v) is 5.53. The average molecular weight is 166 g/mol. The molecule has 0 spiro atoms. The van der Waals surface area contributed by atoms with Crippen LogP contribution in [0.4, 0.5) is 0 Å². The van der Waals surface area contributed by atoms with Crippen molar-refractivity contribution in [2.45, 2.75) is 13.2 Å². The van der Waals surface area contributed by atoms with Crippen LogP contribution in [0.25, 0.3) is 0 Å². The van der Waals surface area contributed by atoms with Crippen LogP contribution in [0, 0.1) is 0 Å². The molecule has 33 valence electrons. The summed E-state index contributed by atoms with van der Waals surface area (Å²) in [6.07, 6.45) is 1.04. The Labute approximate surface area is 59.5 Å². The van der Waals surface area contributed by atoms with E-state index in [4.69, 9.17) is 7.74 Å². The Morgan fingerprint density at radius 2 is 2.33 bits per heavy atom. The van der Waals surface area contributed by atoms with Gasteiger partial charge in [0.1, 0.15) is 0 Å². The van der Waals surface area contributed by atoms with E-state index >= 15 is 0 Å². The van der Waals surface area contributed by atoms with E-state index in [-0.39, 0.29) is 23.8 Å². The molecule has 0 aromatic carbocycles. The average Bonchev–Trinajstić information content (AvgIpc) is 1.41. The van der Waals surface area contributed by atoms with Crippen LogP contribution in [0.5, 0.6) is 0 Å². The van der Waals surface area contributed by atoms with Gasteiger partial charge in [0.15, 0.2) is 0 Å². The van der Waals surface area contributed by atoms with Crippen molar-refractivity contribution in [2.75, 3.05) is 0 Å². The molecule has 6 heavy (non-hydrogen) atoms. The molecule has 0 unspecified atom stereocenters. The summed E-state index contributed by atoms with van der Waals surface area (Å²) in [6, 6.07) is 0. The van der Waals surface area contributed by atoms with E-state index < -0.39 is 0 Å². The Morgan fingerprint density at radius 1 is 1.83 bits per heavy atom. The predicted molar refractivity (Wildman–Crippen MR) is 31.1 cm³/mol. The molecule has 0 fully saturated rings. The topological polar surface area (TPSA) is 0 Å². The van der Waals surface area contributed by atoms with E-state index in [1.54, 1.807) is 7.06 Å². The van der Waals surface area contributed by atoms with Crippen molar-refractivity contribution >= 4 is 22.0 Å². The molecule has 0 nitrogen and oxygen atoms in total. The Balaban J connectivity index is -0.0000000133. The molecule has 0 atom stereocenters. The molecule has 0 saturated carbocycles. The van der Waals surface area contributed by atoms with Crippen LogP contribution in [0.1, 0.15) is 11.2 Å². The van der Waals surface area contributed by atoms with Crippen molar-refractivity contribution in [1.82, 2.24) is 0 Å². The molecule has 0 aliphatic heterocycles. The molecule has 0 amide bonds. The minimum atomic E-state index is 0. The molecular weight excluding hydrogens is 158 g/mol. The van der Waals surface area contributed by atoms with Crippen LogP contribution in [0.15, 0.2) is 0 Å². The van der Waals surface area contributed by atoms with E-state index in [9.17, 15) is 0 Å². The van der Waals surface area contributed by atoms with Gasteiger partial charge in [0, 0.05) is 14.8 Å². The smallest absolute Gasteiger partial charge is 1.00 e. The molecular formula is C2H8B3Ru. The Hall–Kier alpha value is 0.818. The van der Waals surface area contributed by atoms with Gasteiger partial charge in [-0.1, -0.05) is 13.2 Å². The second-order valence-corrected chi connectivity index (χ2v) is 0.836. The van der Waals surface area contributed by atoms with E-state index in [1.807, 2.05) is 14.1 Å². The van der Waals surface area contributed by atoms with Crippen molar-refractivity contribution < 1.29 is 23.8 Å². The first-order chi connectivity index (χ1) is 2.41. The van der Waals surface area contributed by atoms with Crippen LogP contribution in [0.2, 0.25) is 6.32 Å². The van der Waals surface area contributed by atoms with Gasteiger partial charge in [-0.2, -0.15) is 0 Å². The maximum absolute atomic E-state index is 4.96. The fourth-order valence-corrected chi connectivity index (χ4v) is 0.136. The summed E-state index contributed by atoms with van der Waals surface area (Å²) in [6.45, 7) is 2.04. The third kappa shape index (κ3) is 8.84. The molecule has 0 bridgehead atoms. The van der Waals surface area contributed by atoms with Crippen LogP contribution < -0.4 is 0 Å². The number of hydrogen-bond acceptors (Lipinski definition) is 0. The molecule has 0 aromatic heterocycles. The number of hydrogen-bond donors (Lipinski definition) is 0. The van der Waals surface area contributed by atoms with Gasteiger partial charge in [-0.25, -0.2) is 0 Å². The first-order valence-electron chi connectivity index (χ1n) is 1.78. The van der Waals surface area contributed by atoms with Crippen LogP contribution in [-0.2, 0) is 19.5 Å². The molecule has 0 rings (SSSR count). The SMILES string of the molecule is [B][B][B]CC.[H-].[H-].[H-].[Ru+3]. The van der Waals surface area contributed by atoms with Crippen molar-refractivity contribution in [2.24, 2.45) is 0 Å². The summed E-state index contributed by atoms with van der Waals surface area (Å²) < 4.78 is 0. The van der Waals surface area contributed by atoms with Crippen molar-refractivity contribution in [3.05, 3.63) is 0 Å². The summed E-state index contributed by atoms with van der Waals surface area (Å²) >= 11 is 0. The Kier molecular flexibility index (Phi) is 15.4. The second-order valence-electron chi connectivity index (χ2n) is 0.836. The summed E-state index contributed by atoms with van der Waals surface area (Å²) in [5.41, 5.74) is 0. The minimum absolute atomic E-state index is 0. The molecule has 0 aliphatic rings. The van der Waals surface area contributed by atoms with Gasteiger partial charge in [0.2, 0.25) is 0 Å². The standard InChI is InChI=1S/C2H5B3.Ru.3H/c1-2-4-5-3;;;;/h2H2,1H3;;;;/q;+3;3*-1. The van der Waals surface area contributed by atoms with Crippen LogP contribution in [0.3, 0.4) is 0 Å². The van der Waals surface area contributed by atoms with Gasteiger partial charge < -0.3 is 4.28 Å². The van der Waals surface area contributed by atoms with E-state index in [0.717, 1.165) is 6.32 Å². The Morgan fingerprint density at radius 3 is 2.33 bits per heavy atom. The zero-order valence-electron chi connectivity index (χ0n) is 6.79. The predicted octanol–water partition coefficient (Wildman–Crippen LogP) is 0.166. The fraction of sp³-hybridized carbons (Fsp3) is 1.00. The summed E-state index contributed by atoms with van der Waals surface area (Å²) in [5, 5.41) is 0. The maximum Gasteiger partial charge on any atom is 3.00 e. The first-order valence-corrected chi connectivity index (χ1v) is 1.78. The first kappa shape index (κ1) is 9.94. The Bertz CT molecular complexity index is 24.5. The van der Waals surface area contributed by atoms with E-state index in [1.165, 1.54) is 0 Å². The molecule has 4 heteroatoms. The maximum atomic E-state index is 4.96. The molecule has 0 N–H and O–H groups in total. The van der Waals surface area contributed by atoms with Crippen LogP contribution in [-0.4, -0.2) is 22.0 Å². The molecule has 0 saturated heterocycles. The van der Waals surface area contributed by atoms with Crippen molar-refractivity contribution in [3.63, 3.8) is 0 Å². The second kappa shape index (κ2) is 9.26. The number of rotatable bonds is 2. The molecule has 0 heterocycles. The van der Waals surface area contributed by atoms with Gasteiger partial charge in [0.25, 0.3) is 0 Å². The van der Waals surface area contributed by atoms with Gasteiger partial charge in [0.05, 0.1) is 7.17 Å². The largest absolute Gasteiger partial charge is 3.00 e. The quantitative estimate of drug-likeness (QED) is 0.512. The molecule has 0 aromatic rings. The van der Waals surface area contributed by atoms with Gasteiger partial charge >= 0.3 is 19.5 Å². The summed E-state index contributed by atoms with van der Waals surface area (Å²) in [4.78, 5) is 0. The van der Waals surface area contributed by atoms with Gasteiger partial charge in [-0.15, -0.1) is 0 Å². The fourth-order valence-electron chi connectivity index (χ4n) is 0.136. The van der Waals surface area contributed by atoms with E-state index in [0.29, 0.717) is 0 Å². The molecule has 0 aliphatic carbocycles. The van der Waals surface area contributed by atoms with Crippen molar-refractivity contribution in [3.8, 4) is 0 Å². The third-order valence-electron chi connectivity index (χ3n) is 0.372. The molecule has 5 radical (unpaired) electrons. The monoisotopic (exact) mass is 167 g/mol. The minimum Gasteiger partial charge on any atom is -1.00 e. The summed E-state index contributed by atoms with van der Waals surface area (Å²) in [5.74, 6) is 0.